The molecule has 2 rings (SSSR count). The molecule has 1 fully saturated rings. The second-order valence-electron chi connectivity index (χ2n) is 4.93. The highest BCUT2D eigenvalue weighted by atomic mass is 15.2. The Bertz CT molecular complexity index is 351. The van der Waals surface area contributed by atoms with Crippen LogP contribution in [0.3, 0.4) is 0 Å². The molecule has 2 heterocycles. The first kappa shape index (κ1) is 11.6. The van der Waals surface area contributed by atoms with Crippen molar-refractivity contribution in [2.45, 2.75) is 39.4 Å². The van der Waals surface area contributed by atoms with Gasteiger partial charge in [-0.2, -0.15) is 0 Å². The molecular weight excluding hydrogens is 198 g/mol. The standard InChI is InChI=1S/C13H21N3/c1-10-6-11(2)16(8-10)9-12-4-3-5-15-13(12)7-14/h3-5,10-11H,6-9,14H2,1-2H3. The van der Waals surface area contributed by atoms with Gasteiger partial charge in [-0.15, -0.1) is 0 Å². The van der Waals surface area contributed by atoms with Crippen LogP contribution in [0.5, 0.6) is 0 Å². The van der Waals surface area contributed by atoms with Gasteiger partial charge in [-0.1, -0.05) is 13.0 Å². The van der Waals surface area contributed by atoms with Gasteiger partial charge in [0, 0.05) is 31.9 Å². The van der Waals surface area contributed by atoms with Crippen molar-refractivity contribution in [3.8, 4) is 0 Å². The summed E-state index contributed by atoms with van der Waals surface area (Å²) in [6.07, 6.45) is 3.12. The maximum atomic E-state index is 5.71. The summed E-state index contributed by atoms with van der Waals surface area (Å²) in [4.78, 5) is 6.86. The molecule has 2 unspecified atom stereocenters. The molecule has 0 aromatic carbocycles. The first-order chi connectivity index (χ1) is 7.70. The highest BCUT2D eigenvalue weighted by Gasteiger charge is 2.26. The number of aromatic nitrogens is 1. The van der Waals surface area contributed by atoms with E-state index in [9.17, 15) is 0 Å². The molecule has 0 spiro atoms. The molecule has 16 heavy (non-hydrogen) atoms. The molecule has 1 aromatic rings. The lowest BCUT2D eigenvalue weighted by molar-refractivity contribution is 0.255. The quantitative estimate of drug-likeness (QED) is 0.842. The van der Waals surface area contributed by atoms with Crippen molar-refractivity contribution in [3.05, 3.63) is 29.6 Å². The minimum Gasteiger partial charge on any atom is -0.325 e. The molecule has 0 saturated carbocycles. The van der Waals surface area contributed by atoms with Gasteiger partial charge in [-0.3, -0.25) is 9.88 Å². The molecule has 88 valence electrons. The molecule has 1 saturated heterocycles. The molecule has 1 aliphatic rings. The Morgan fingerprint density at radius 2 is 2.31 bits per heavy atom. The third kappa shape index (κ3) is 2.42. The molecule has 0 aliphatic carbocycles. The first-order valence-corrected chi connectivity index (χ1v) is 6.07. The molecule has 0 amide bonds. The second kappa shape index (κ2) is 4.93. The van der Waals surface area contributed by atoms with Crippen LogP contribution in [0.15, 0.2) is 18.3 Å². The minimum atomic E-state index is 0.536. The maximum absolute atomic E-state index is 5.71. The van der Waals surface area contributed by atoms with E-state index >= 15 is 0 Å². The number of rotatable bonds is 3. The SMILES string of the molecule is CC1CC(C)N(Cc2cccnc2CN)C1. The molecule has 3 nitrogen and oxygen atoms in total. The van der Waals surface area contributed by atoms with Crippen LogP contribution in [-0.4, -0.2) is 22.5 Å². The van der Waals surface area contributed by atoms with E-state index in [1.807, 2.05) is 12.3 Å². The van der Waals surface area contributed by atoms with Crippen LogP contribution in [-0.2, 0) is 13.1 Å². The van der Waals surface area contributed by atoms with Crippen LogP contribution in [0.2, 0.25) is 0 Å². The van der Waals surface area contributed by atoms with E-state index < -0.39 is 0 Å². The van der Waals surface area contributed by atoms with Crippen molar-refractivity contribution in [3.63, 3.8) is 0 Å². The zero-order valence-corrected chi connectivity index (χ0v) is 10.2. The van der Waals surface area contributed by atoms with Gasteiger partial charge in [0.2, 0.25) is 0 Å². The van der Waals surface area contributed by atoms with Crippen LogP contribution in [0.4, 0.5) is 0 Å². The lowest BCUT2D eigenvalue weighted by Gasteiger charge is -2.21. The van der Waals surface area contributed by atoms with Crippen LogP contribution in [0.25, 0.3) is 0 Å². The van der Waals surface area contributed by atoms with Gasteiger partial charge in [0.05, 0.1) is 5.69 Å². The van der Waals surface area contributed by atoms with Gasteiger partial charge in [0.1, 0.15) is 0 Å². The van der Waals surface area contributed by atoms with Gasteiger partial charge in [0.15, 0.2) is 0 Å². The summed E-state index contributed by atoms with van der Waals surface area (Å²) in [5.74, 6) is 0.813. The van der Waals surface area contributed by atoms with Crippen LogP contribution >= 0.6 is 0 Å². The number of likely N-dealkylation sites (tertiary alicyclic amines) is 1. The molecule has 2 atom stereocenters. The highest BCUT2D eigenvalue weighted by Crippen LogP contribution is 2.24. The smallest absolute Gasteiger partial charge is 0.0584 e. The van der Waals surface area contributed by atoms with Gasteiger partial charge < -0.3 is 5.73 Å². The molecular formula is C13H21N3. The predicted molar refractivity (Wildman–Crippen MR) is 65.8 cm³/mol. The number of hydrogen-bond donors (Lipinski definition) is 1. The Balaban J connectivity index is 2.09. The van der Waals surface area contributed by atoms with Crippen molar-refractivity contribution in [1.29, 1.82) is 0 Å². The summed E-state index contributed by atoms with van der Waals surface area (Å²) in [6, 6.07) is 4.82. The fourth-order valence-corrected chi connectivity index (χ4v) is 2.62. The normalized spacial score (nSPS) is 26.2. The largest absolute Gasteiger partial charge is 0.325 e. The van der Waals surface area contributed by atoms with Crippen LogP contribution < -0.4 is 5.73 Å². The lowest BCUT2D eigenvalue weighted by atomic mass is 10.1. The zero-order chi connectivity index (χ0) is 11.5. The number of pyridine rings is 1. The van der Waals surface area contributed by atoms with Crippen LogP contribution in [0.1, 0.15) is 31.5 Å². The average Bonchev–Trinajstić information content (AvgIpc) is 2.58. The molecule has 1 aliphatic heterocycles. The number of nitrogens with zero attached hydrogens (tertiary/aromatic N) is 2. The molecule has 0 radical (unpaired) electrons. The number of hydrogen-bond acceptors (Lipinski definition) is 3. The van der Waals surface area contributed by atoms with E-state index in [1.54, 1.807) is 0 Å². The van der Waals surface area contributed by atoms with Crippen molar-refractivity contribution >= 4 is 0 Å². The highest BCUT2D eigenvalue weighted by molar-refractivity contribution is 5.19. The van der Waals surface area contributed by atoms with E-state index in [4.69, 9.17) is 5.73 Å². The van der Waals surface area contributed by atoms with E-state index in [0.29, 0.717) is 12.6 Å². The topological polar surface area (TPSA) is 42.2 Å². The summed E-state index contributed by atoms with van der Waals surface area (Å²) in [7, 11) is 0. The first-order valence-electron chi connectivity index (χ1n) is 6.07. The Labute approximate surface area is 97.7 Å². The number of nitrogens with two attached hydrogens (primary N) is 1. The van der Waals surface area contributed by atoms with Gasteiger partial charge in [-0.25, -0.2) is 0 Å². The van der Waals surface area contributed by atoms with Gasteiger partial charge in [0.25, 0.3) is 0 Å². The minimum absolute atomic E-state index is 0.536. The Hall–Kier alpha value is -0.930. The Morgan fingerprint density at radius 3 is 2.94 bits per heavy atom. The predicted octanol–water partition coefficient (Wildman–Crippen LogP) is 1.77. The summed E-state index contributed by atoms with van der Waals surface area (Å²) in [5.41, 5.74) is 8.03. The summed E-state index contributed by atoms with van der Waals surface area (Å²) in [5, 5.41) is 0. The summed E-state index contributed by atoms with van der Waals surface area (Å²) >= 11 is 0. The van der Waals surface area contributed by atoms with Crippen molar-refractivity contribution in [2.24, 2.45) is 11.7 Å². The van der Waals surface area contributed by atoms with Crippen molar-refractivity contribution < 1.29 is 0 Å². The maximum Gasteiger partial charge on any atom is 0.0584 e. The van der Waals surface area contributed by atoms with E-state index in [0.717, 1.165) is 18.2 Å². The molecule has 1 aromatic heterocycles. The Morgan fingerprint density at radius 1 is 1.50 bits per heavy atom. The average molecular weight is 219 g/mol. The van der Waals surface area contributed by atoms with E-state index in [1.165, 1.54) is 18.5 Å². The fraction of sp³-hybridized carbons (Fsp3) is 0.615. The molecule has 3 heteroatoms. The molecule has 2 N–H and O–H groups in total. The van der Waals surface area contributed by atoms with Crippen LogP contribution in [0, 0.1) is 5.92 Å². The summed E-state index contributed by atoms with van der Waals surface area (Å²) in [6.45, 7) is 7.35. The van der Waals surface area contributed by atoms with E-state index in [-0.39, 0.29) is 0 Å². The van der Waals surface area contributed by atoms with E-state index in [2.05, 4.69) is 29.8 Å². The second-order valence-corrected chi connectivity index (χ2v) is 4.93. The van der Waals surface area contributed by atoms with Crippen molar-refractivity contribution in [1.82, 2.24) is 9.88 Å². The third-order valence-corrected chi connectivity index (χ3v) is 3.46. The molecule has 0 bridgehead atoms. The fourth-order valence-electron chi connectivity index (χ4n) is 2.62. The zero-order valence-electron chi connectivity index (χ0n) is 10.2. The third-order valence-electron chi connectivity index (χ3n) is 3.46. The monoisotopic (exact) mass is 219 g/mol. The van der Waals surface area contributed by atoms with Crippen molar-refractivity contribution in [2.75, 3.05) is 6.54 Å². The summed E-state index contributed by atoms with van der Waals surface area (Å²) < 4.78 is 0. The van der Waals surface area contributed by atoms with Gasteiger partial charge in [-0.05, 0) is 30.9 Å². The lowest BCUT2D eigenvalue weighted by Crippen LogP contribution is -2.27. The van der Waals surface area contributed by atoms with Gasteiger partial charge >= 0.3 is 0 Å². The Kier molecular flexibility index (Phi) is 3.56.